The number of aromatic nitrogens is 1. The van der Waals surface area contributed by atoms with Crippen LogP contribution >= 0.6 is 11.3 Å². The topological polar surface area (TPSA) is 80.3 Å². The number of carbonyl (C=O) groups excluding carboxylic acids is 2. The van der Waals surface area contributed by atoms with Crippen molar-refractivity contribution in [3.8, 4) is 17.0 Å². The molecule has 6 nitrogen and oxygen atoms in total. The minimum Gasteiger partial charge on any atom is -0.434 e. The standard InChI is InChI=1S/C21H17F4N3O3S/c22-12-7-8-13(15(23)10-12)19(30)26-9-3-6-18(29)28-21-27-16(11-32-21)14-4-1-2-5-17(14)31-20(24)25/h1-2,4-5,7-8,10-11,20H,3,6,9H2,(H,26,30)(H,27,28,29). The highest BCUT2D eigenvalue weighted by molar-refractivity contribution is 7.14. The monoisotopic (exact) mass is 467 g/mol. The molecule has 32 heavy (non-hydrogen) atoms. The Hall–Kier alpha value is -3.47. The number of anilines is 1. The molecule has 1 heterocycles. The lowest BCUT2D eigenvalue weighted by atomic mass is 10.1. The van der Waals surface area contributed by atoms with Gasteiger partial charge in [-0.25, -0.2) is 13.8 Å². The molecule has 2 amide bonds. The van der Waals surface area contributed by atoms with Crippen molar-refractivity contribution >= 4 is 28.3 Å². The molecule has 11 heteroatoms. The molecule has 3 aromatic rings. The van der Waals surface area contributed by atoms with Gasteiger partial charge in [-0.05, 0) is 30.7 Å². The summed E-state index contributed by atoms with van der Waals surface area (Å²) in [5, 5.41) is 6.92. The number of nitrogens with one attached hydrogen (secondary N) is 2. The fourth-order valence-electron chi connectivity index (χ4n) is 2.73. The van der Waals surface area contributed by atoms with E-state index in [4.69, 9.17) is 0 Å². The van der Waals surface area contributed by atoms with E-state index in [1.165, 1.54) is 6.07 Å². The second-order valence-corrected chi connectivity index (χ2v) is 7.30. The number of amides is 2. The van der Waals surface area contributed by atoms with Gasteiger partial charge < -0.3 is 15.4 Å². The maximum Gasteiger partial charge on any atom is 0.387 e. The fourth-order valence-corrected chi connectivity index (χ4v) is 3.46. The number of rotatable bonds is 9. The Balaban J connectivity index is 1.48. The van der Waals surface area contributed by atoms with Gasteiger partial charge in [0.15, 0.2) is 5.13 Å². The Morgan fingerprint density at radius 3 is 2.66 bits per heavy atom. The molecule has 0 saturated carbocycles. The van der Waals surface area contributed by atoms with E-state index in [0.29, 0.717) is 17.3 Å². The first-order valence-electron chi connectivity index (χ1n) is 9.36. The first-order chi connectivity index (χ1) is 15.3. The summed E-state index contributed by atoms with van der Waals surface area (Å²) in [7, 11) is 0. The van der Waals surface area contributed by atoms with Crippen LogP contribution in [0, 0.1) is 11.6 Å². The lowest BCUT2D eigenvalue weighted by molar-refractivity contribution is -0.116. The Labute approximate surface area is 184 Å². The van der Waals surface area contributed by atoms with Crippen molar-refractivity contribution in [1.82, 2.24) is 10.3 Å². The average Bonchev–Trinajstić information content (AvgIpc) is 3.19. The van der Waals surface area contributed by atoms with Crippen LogP contribution in [-0.2, 0) is 4.79 Å². The van der Waals surface area contributed by atoms with Gasteiger partial charge in [0.25, 0.3) is 5.91 Å². The SMILES string of the molecule is O=C(CCCNC(=O)c1ccc(F)cc1F)Nc1nc(-c2ccccc2OC(F)F)cs1. The number of alkyl halides is 2. The highest BCUT2D eigenvalue weighted by Crippen LogP contribution is 2.33. The zero-order valence-electron chi connectivity index (χ0n) is 16.4. The van der Waals surface area contributed by atoms with Crippen LogP contribution < -0.4 is 15.4 Å². The van der Waals surface area contributed by atoms with Gasteiger partial charge in [-0.2, -0.15) is 8.78 Å². The van der Waals surface area contributed by atoms with Crippen LogP contribution in [0.3, 0.4) is 0 Å². The van der Waals surface area contributed by atoms with Crippen LogP contribution in [0.1, 0.15) is 23.2 Å². The van der Waals surface area contributed by atoms with Crippen molar-refractivity contribution in [2.75, 3.05) is 11.9 Å². The zero-order valence-corrected chi connectivity index (χ0v) is 17.2. The Bertz CT molecular complexity index is 1110. The van der Waals surface area contributed by atoms with E-state index in [0.717, 1.165) is 23.5 Å². The van der Waals surface area contributed by atoms with Crippen molar-refractivity contribution in [3.63, 3.8) is 0 Å². The van der Waals surface area contributed by atoms with Gasteiger partial charge in [0, 0.05) is 30.0 Å². The number of para-hydroxylation sites is 1. The molecule has 168 valence electrons. The zero-order chi connectivity index (χ0) is 23.1. The van der Waals surface area contributed by atoms with Crippen LogP contribution in [0.2, 0.25) is 0 Å². The molecular formula is C21H17F4N3O3S. The predicted molar refractivity (Wildman–Crippen MR) is 111 cm³/mol. The Kier molecular flexibility index (Phi) is 7.77. The molecular weight excluding hydrogens is 450 g/mol. The molecule has 2 N–H and O–H groups in total. The fraction of sp³-hybridized carbons (Fsp3) is 0.190. The van der Waals surface area contributed by atoms with Crippen LogP contribution in [0.4, 0.5) is 22.7 Å². The summed E-state index contributed by atoms with van der Waals surface area (Å²) < 4.78 is 56.1. The highest BCUT2D eigenvalue weighted by atomic mass is 32.1. The lowest BCUT2D eigenvalue weighted by Crippen LogP contribution is -2.26. The molecule has 2 aromatic carbocycles. The molecule has 0 spiro atoms. The molecule has 3 rings (SSSR count). The molecule has 0 radical (unpaired) electrons. The van der Waals surface area contributed by atoms with Crippen molar-refractivity contribution in [1.29, 1.82) is 0 Å². The summed E-state index contributed by atoms with van der Waals surface area (Å²) in [5.74, 6) is -2.87. The Morgan fingerprint density at radius 1 is 1.12 bits per heavy atom. The molecule has 0 atom stereocenters. The predicted octanol–water partition coefficient (Wildman–Crippen LogP) is 4.84. The van der Waals surface area contributed by atoms with E-state index < -0.39 is 24.2 Å². The molecule has 0 saturated heterocycles. The summed E-state index contributed by atoms with van der Waals surface area (Å²) in [4.78, 5) is 28.2. The summed E-state index contributed by atoms with van der Waals surface area (Å²) in [6.45, 7) is -2.88. The van der Waals surface area contributed by atoms with E-state index in [9.17, 15) is 27.2 Å². The van der Waals surface area contributed by atoms with Gasteiger partial charge in [-0.15, -0.1) is 11.3 Å². The van der Waals surface area contributed by atoms with Crippen LogP contribution in [0.5, 0.6) is 5.75 Å². The third-order valence-corrected chi connectivity index (χ3v) is 4.93. The number of halogens is 4. The van der Waals surface area contributed by atoms with E-state index in [-0.39, 0.29) is 41.7 Å². The average molecular weight is 467 g/mol. The van der Waals surface area contributed by atoms with Gasteiger partial charge in [0.2, 0.25) is 5.91 Å². The number of nitrogens with zero attached hydrogens (tertiary/aromatic N) is 1. The lowest BCUT2D eigenvalue weighted by Gasteiger charge is -2.08. The van der Waals surface area contributed by atoms with Gasteiger partial charge in [-0.3, -0.25) is 9.59 Å². The molecule has 0 aliphatic heterocycles. The first kappa shape index (κ1) is 23.2. The molecule has 0 unspecified atom stereocenters. The van der Waals surface area contributed by atoms with Gasteiger partial charge in [-0.1, -0.05) is 12.1 Å². The van der Waals surface area contributed by atoms with Crippen LogP contribution in [-0.4, -0.2) is 30.0 Å². The van der Waals surface area contributed by atoms with Crippen molar-refractivity contribution in [2.24, 2.45) is 0 Å². The van der Waals surface area contributed by atoms with E-state index in [1.807, 2.05) is 0 Å². The van der Waals surface area contributed by atoms with E-state index in [2.05, 4.69) is 20.4 Å². The van der Waals surface area contributed by atoms with Gasteiger partial charge in [0.05, 0.1) is 11.3 Å². The number of carbonyl (C=O) groups is 2. The summed E-state index contributed by atoms with van der Waals surface area (Å²) in [6.07, 6.45) is 0.315. The second kappa shape index (κ2) is 10.7. The normalized spacial score (nSPS) is 10.8. The van der Waals surface area contributed by atoms with Crippen molar-refractivity contribution < 1.29 is 31.9 Å². The Morgan fingerprint density at radius 2 is 1.91 bits per heavy atom. The number of ether oxygens (including phenoxy) is 1. The molecule has 1 aromatic heterocycles. The van der Waals surface area contributed by atoms with E-state index in [1.54, 1.807) is 23.6 Å². The third kappa shape index (κ3) is 6.27. The molecule has 0 bridgehead atoms. The minimum atomic E-state index is -2.98. The number of hydrogen-bond acceptors (Lipinski definition) is 5. The maximum atomic E-state index is 13.6. The van der Waals surface area contributed by atoms with Gasteiger partial charge >= 0.3 is 6.61 Å². The molecule has 0 fully saturated rings. The summed E-state index contributed by atoms with van der Waals surface area (Å²) >= 11 is 1.12. The third-order valence-electron chi connectivity index (χ3n) is 4.17. The van der Waals surface area contributed by atoms with E-state index >= 15 is 0 Å². The van der Waals surface area contributed by atoms with Crippen molar-refractivity contribution in [3.05, 3.63) is 65.0 Å². The summed E-state index contributed by atoms with van der Waals surface area (Å²) in [6, 6.07) is 8.80. The second-order valence-electron chi connectivity index (χ2n) is 6.44. The number of benzene rings is 2. The number of thiazole rings is 1. The largest absolute Gasteiger partial charge is 0.434 e. The van der Waals surface area contributed by atoms with Crippen LogP contribution in [0.15, 0.2) is 47.8 Å². The van der Waals surface area contributed by atoms with Crippen LogP contribution in [0.25, 0.3) is 11.3 Å². The van der Waals surface area contributed by atoms with Crippen molar-refractivity contribution in [2.45, 2.75) is 19.5 Å². The minimum absolute atomic E-state index is 0.0287. The highest BCUT2D eigenvalue weighted by Gasteiger charge is 2.15. The quantitative estimate of drug-likeness (QED) is 0.349. The maximum absolute atomic E-state index is 13.6. The van der Waals surface area contributed by atoms with Gasteiger partial charge in [0.1, 0.15) is 17.4 Å². The molecule has 0 aliphatic carbocycles. The number of hydrogen-bond donors (Lipinski definition) is 2. The first-order valence-corrected chi connectivity index (χ1v) is 10.2. The smallest absolute Gasteiger partial charge is 0.387 e. The summed E-state index contributed by atoms with van der Waals surface area (Å²) in [5.41, 5.74) is 0.442. The molecule has 0 aliphatic rings.